The zero-order chi connectivity index (χ0) is 23.8. The molecule has 1 saturated heterocycles. The lowest BCUT2D eigenvalue weighted by atomic mass is 10.2. The van der Waals surface area contributed by atoms with Crippen molar-refractivity contribution < 1.29 is 13.9 Å². The molecule has 2 N–H and O–H groups in total. The van der Waals surface area contributed by atoms with E-state index in [1.165, 1.54) is 25.4 Å². The fourth-order valence-corrected chi connectivity index (χ4v) is 4.33. The monoisotopic (exact) mass is 474 g/mol. The highest BCUT2D eigenvalue weighted by Crippen LogP contribution is 2.31. The zero-order valence-corrected chi connectivity index (χ0v) is 19.3. The van der Waals surface area contributed by atoms with Crippen molar-refractivity contribution in [1.82, 2.24) is 30.0 Å². The number of nitrogens with one attached hydrogen (secondary N) is 2. The maximum Gasteiger partial charge on any atom is 0.275 e. The molecule has 1 saturated carbocycles. The number of nitrogens with zero attached hydrogens (tertiary/aromatic N) is 6. The maximum absolute atomic E-state index is 13.0. The number of ether oxygens (including phenoxy) is 1. The molecule has 180 valence electrons. The van der Waals surface area contributed by atoms with E-state index in [0.717, 1.165) is 36.2 Å². The quantitative estimate of drug-likeness (QED) is 0.396. The molecule has 1 aliphatic carbocycles. The number of aromatic nitrogens is 5. The van der Waals surface area contributed by atoms with E-state index in [-0.39, 0.29) is 18.2 Å². The Balaban J connectivity index is 1.17. The van der Waals surface area contributed by atoms with Gasteiger partial charge in [0, 0.05) is 49.9 Å². The lowest BCUT2D eigenvalue weighted by Gasteiger charge is -2.17. The molecule has 4 heterocycles. The maximum atomic E-state index is 13.0. The summed E-state index contributed by atoms with van der Waals surface area (Å²) in [5.74, 6) is 1.46. The largest absolute Gasteiger partial charge is 0.483 e. The van der Waals surface area contributed by atoms with Crippen LogP contribution in [0, 0.1) is 0 Å². The fourth-order valence-electron chi connectivity index (χ4n) is 4.33. The minimum Gasteiger partial charge on any atom is -0.483 e. The third-order valence-corrected chi connectivity index (χ3v) is 6.25. The summed E-state index contributed by atoms with van der Waals surface area (Å²) in [5.41, 5.74) is 1.49. The number of carbonyl (C=O) groups is 1. The Morgan fingerprint density at radius 2 is 2.09 bits per heavy atom. The molecule has 6 rings (SSSR count). The van der Waals surface area contributed by atoms with E-state index in [2.05, 4.69) is 35.6 Å². The van der Waals surface area contributed by atoms with Crippen LogP contribution in [0.4, 0.5) is 11.5 Å². The van der Waals surface area contributed by atoms with Gasteiger partial charge in [-0.3, -0.25) is 9.48 Å². The summed E-state index contributed by atoms with van der Waals surface area (Å²) in [7, 11) is 1.84. The first kappa shape index (κ1) is 21.5. The van der Waals surface area contributed by atoms with Crippen molar-refractivity contribution in [3.8, 4) is 5.75 Å². The first-order valence-corrected chi connectivity index (χ1v) is 11.7. The van der Waals surface area contributed by atoms with Gasteiger partial charge >= 0.3 is 0 Å². The summed E-state index contributed by atoms with van der Waals surface area (Å²) in [6, 6.07) is 4.79. The van der Waals surface area contributed by atoms with Crippen molar-refractivity contribution in [3.63, 3.8) is 0 Å². The predicted octanol–water partition coefficient (Wildman–Crippen LogP) is 2.51. The molecule has 4 aromatic rings. The molecule has 0 radical (unpaired) electrons. The number of amides is 1. The Bertz CT molecular complexity index is 1330. The number of oxazole rings is 1. The van der Waals surface area contributed by atoms with Gasteiger partial charge in [-0.1, -0.05) is 0 Å². The molecule has 1 amide bonds. The van der Waals surface area contributed by atoms with Crippen LogP contribution in [0.15, 0.2) is 47.7 Å². The summed E-state index contributed by atoms with van der Waals surface area (Å²) in [6.07, 6.45) is 11.6. The Labute approximate surface area is 201 Å². The Morgan fingerprint density at radius 1 is 1.17 bits per heavy atom. The third-order valence-electron chi connectivity index (χ3n) is 6.25. The van der Waals surface area contributed by atoms with Gasteiger partial charge < -0.3 is 24.7 Å². The van der Waals surface area contributed by atoms with Gasteiger partial charge in [0.15, 0.2) is 12.2 Å². The lowest BCUT2D eigenvalue weighted by molar-refractivity contribution is 0.102. The van der Waals surface area contributed by atoms with Crippen LogP contribution in [0.25, 0.3) is 10.9 Å². The number of rotatable bonds is 8. The molecule has 1 aromatic carbocycles. The van der Waals surface area contributed by atoms with E-state index in [9.17, 15) is 4.79 Å². The van der Waals surface area contributed by atoms with E-state index >= 15 is 0 Å². The average molecular weight is 475 g/mol. The molecule has 0 unspecified atom stereocenters. The minimum absolute atomic E-state index is 0.169. The standard InChI is InChI=1S/C24H26N8O3/c1-31-11-15-6-20(22(7-19(15)30-31)34-13-18-8-25-14-35-18)29-24(33)21-9-27-23(10-26-21)32-5-4-17(12-32)28-16-2-3-16/h6-11,14,16-17,28H,2-5,12-13H2,1H3,(H,29,33)/t17-/m1/s1. The molecular weight excluding hydrogens is 448 g/mol. The normalized spacial score (nSPS) is 17.7. The van der Waals surface area contributed by atoms with Gasteiger partial charge in [0.05, 0.1) is 29.8 Å². The summed E-state index contributed by atoms with van der Waals surface area (Å²) in [6.45, 7) is 2.01. The van der Waals surface area contributed by atoms with Crippen LogP contribution in [0.5, 0.6) is 5.75 Å². The van der Waals surface area contributed by atoms with E-state index in [4.69, 9.17) is 9.15 Å². The highest BCUT2D eigenvalue weighted by atomic mass is 16.5. The number of aryl methyl sites for hydroxylation is 1. The molecule has 0 spiro atoms. The van der Waals surface area contributed by atoms with Crippen molar-refractivity contribution in [2.24, 2.45) is 7.05 Å². The molecule has 1 aliphatic heterocycles. The Hall–Kier alpha value is -3.99. The molecule has 35 heavy (non-hydrogen) atoms. The number of carbonyl (C=O) groups excluding carboxylic acids is 1. The highest BCUT2D eigenvalue weighted by molar-refractivity contribution is 6.04. The van der Waals surface area contributed by atoms with Gasteiger partial charge in [-0.05, 0) is 25.3 Å². The van der Waals surface area contributed by atoms with Crippen molar-refractivity contribution >= 4 is 28.3 Å². The predicted molar refractivity (Wildman–Crippen MR) is 128 cm³/mol. The van der Waals surface area contributed by atoms with Gasteiger partial charge in [0.1, 0.15) is 23.9 Å². The van der Waals surface area contributed by atoms with Crippen molar-refractivity contribution in [2.45, 2.75) is 38.0 Å². The van der Waals surface area contributed by atoms with Crippen LogP contribution in [-0.2, 0) is 13.7 Å². The molecule has 11 nitrogen and oxygen atoms in total. The summed E-state index contributed by atoms with van der Waals surface area (Å²) < 4.78 is 12.9. The van der Waals surface area contributed by atoms with Crippen LogP contribution in [-0.4, -0.2) is 55.8 Å². The zero-order valence-electron chi connectivity index (χ0n) is 19.3. The summed E-state index contributed by atoms with van der Waals surface area (Å²) in [5, 5.41) is 11.9. The van der Waals surface area contributed by atoms with Gasteiger partial charge in [-0.15, -0.1) is 0 Å². The number of hydrogen-bond acceptors (Lipinski definition) is 9. The van der Waals surface area contributed by atoms with Crippen LogP contribution < -0.4 is 20.3 Å². The molecule has 1 atom stereocenters. The SMILES string of the molecule is Cn1cc2cc(NC(=O)c3cnc(N4CC[C@@H](NC5CC5)C4)cn3)c(OCc3cnco3)cc2n1. The van der Waals surface area contributed by atoms with Gasteiger partial charge in [0.2, 0.25) is 0 Å². The second-order valence-corrected chi connectivity index (χ2v) is 9.05. The number of anilines is 2. The highest BCUT2D eigenvalue weighted by Gasteiger charge is 2.29. The van der Waals surface area contributed by atoms with Crippen LogP contribution in [0.3, 0.4) is 0 Å². The lowest BCUT2D eigenvalue weighted by Crippen LogP contribution is -2.34. The first-order valence-electron chi connectivity index (χ1n) is 11.7. The van der Waals surface area contributed by atoms with E-state index < -0.39 is 0 Å². The summed E-state index contributed by atoms with van der Waals surface area (Å²) in [4.78, 5) is 28.0. The third kappa shape index (κ3) is 4.80. The molecule has 11 heteroatoms. The molecule has 2 aliphatic rings. The fraction of sp³-hybridized carbons (Fsp3) is 0.375. The van der Waals surface area contributed by atoms with Gasteiger partial charge in [-0.2, -0.15) is 5.10 Å². The van der Waals surface area contributed by atoms with Gasteiger partial charge in [-0.25, -0.2) is 15.0 Å². The smallest absolute Gasteiger partial charge is 0.275 e. The Kier molecular flexibility index (Phi) is 5.53. The van der Waals surface area contributed by atoms with Crippen molar-refractivity contribution in [2.75, 3.05) is 23.3 Å². The molecule has 2 fully saturated rings. The Morgan fingerprint density at radius 3 is 2.86 bits per heavy atom. The van der Waals surface area contributed by atoms with Crippen LogP contribution in [0.2, 0.25) is 0 Å². The van der Waals surface area contributed by atoms with Crippen molar-refractivity contribution in [3.05, 3.63) is 54.8 Å². The first-order chi connectivity index (χ1) is 17.1. The topological polar surface area (TPSA) is 123 Å². The van der Waals surface area contributed by atoms with Crippen LogP contribution >= 0.6 is 0 Å². The molecule has 3 aromatic heterocycles. The van der Waals surface area contributed by atoms with Crippen LogP contribution in [0.1, 0.15) is 35.5 Å². The molecule has 0 bridgehead atoms. The second kappa shape index (κ2) is 8.99. The number of benzene rings is 1. The second-order valence-electron chi connectivity index (χ2n) is 9.05. The van der Waals surface area contributed by atoms with E-state index in [1.807, 2.05) is 19.3 Å². The van der Waals surface area contributed by atoms with E-state index in [0.29, 0.717) is 29.3 Å². The minimum atomic E-state index is -0.369. The summed E-state index contributed by atoms with van der Waals surface area (Å²) >= 11 is 0. The van der Waals surface area contributed by atoms with Gasteiger partial charge in [0.25, 0.3) is 5.91 Å². The average Bonchev–Trinajstić information content (AvgIpc) is 3.22. The number of fused-ring (bicyclic) bond motifs is 1. The van der Waals surface area contributed by atoms with Crippen molar-refractivity contribution in [1.29, 1.82) is 0 Å². The number of hydrogen-bond donors (Lipinski definition) is 2. The molecular formula is C24H26N8O3. The van der Waals surface area contributed by atoms with E-state index in [1.54, 1.807) is 23.1 Å².